The molecule has 0 saturated heterocycles. The third-order valence-electron chi connectivity index (χ3n) is 2.22. The van der Waals surface area contributed by atoms with Gasteiger partial charge in [0.25, 0.3) is 0 Å². The van der Waals surface area contributed by atoms with E-state index >= 15 is 0 Å². The molecule has 1 rings (SSSR count). The molecule has 0 aliphatic rings. The van der Waals surface area contributed by atoms with Crippen LogP contribution in [0.25, 0.3) is 0 Å². The van der Waals surface area contributed by atoms with Gasteiger partial charge in [0.2, 0.25) is 0 Å². The van der Waals surface area contributed by atoms with Gasteiger partial charge in [-0.15, -0.1) is 0 Å². The van der Waals surface area contributed by atoms with Crippen molar-refractivity contribution < 1.29 is 5.11 Å². The third kappa shape index (κ3) is 4.65. The summed E-state index contributed by atoms with van der Waals surface area (Å²) in [5.41, 5.74) is 1.41. The first-order valence-electron chi connectivity index (χ1n) is 5.16. The molecule has 2 unspecified atom stereocenters. The Morgan fingerprint density at radius 3 is 2.53 bits per heavy atom. The van der Waals surface area contributed by atoms with Gasteiger partial charge in [0.05, 0.1) is 0 Å². The molecule has 15 heavy (non-hydrogen) atoms. The molecular weight excluding hydrogens is 251 g/mol. The molecule has 82 valence electrons. The molecule has 0 spiro atoms. The molecule has 1 aromatic rings. The summed E-state index contributed by atoms with van der Waals surface area (Å²) in [6.07, 6.45) is 4.66. The molecule has 0 bridgehead atoms. The first-order chi connectivity index (χ1) is 7.24. The number of rotatable bonds is 5. The van der Waals surface area contributed by atoms with E-state index < -0.39 is 0 Å². The Kier molecular flexibility index (Phi) is 5.70. The molecule has 0 fully saturated rings. The zero-order valence-electron chi connectivity index (χ0n) is 9.26. The van der Waals surface area contributed by atoms with Gasteiger partial charge in [-0.3, -0.25) is 0 Å². The van der Waals surface area contributed by atoms with Crippen molar-refractivity contribution in [2.75, 3.05) is 0 Å². The number of hydrogen-bond donors (Lipinski definition) is 1. The minimum absolute atomic E-state index is 0.328. The van der Waals surface area contributed by atoms with Gasteiger partial charge in [0.1, 0.15) is 0 Å². The number of hydrogen-bond acceptors (Lipinski definition) is 1. The van der Waals surface area contributed by atoms with Crippen molar-refractivity contribution in [1.29, 1.82) is 0 Å². The van der Waals surface area contributed by atoms with E-state index in [2.05, 4.69) is 42.2 Å². The number of aliphatic hydroxyl groups is 1. The number of aliphatic hydroxyl groups excluding tert-OH is 1. The quantitative estimate of drug-likeness (QED) is 0.643. The fourth-order valence-electron chi connectivity index (χ4n) is 1.44. The summed E-state index contributed by atoms with van der Waals surface area (Å²) in [5.74, 6) is 2.26. The second kappa shape index (κ2) is 6.84. The van der Waals surface area contributed by atoms with Gasteiger partial charge in [0.15, 0.2) is 0 Å². The zero-order chi connectivity index (χ0) is 11.1. The Morgan fingerprint density at radius 1 is 1.33 bits per heavy atom. The summed E-state index contributed by atoms with van der Waals surface area (Å²) in [6.45, 7) is 1.78. The first-order valence-corrected chi connectivity index (χ1v) is 7.86. The van der Waals surface area contributed by atoms with Crippen LogP contribution in [-0.2, 0) is 0 Å². The van der Waals surface area contributed by atoms with E-state index in [1.165, 1.54) is 5.56 Å². The number of allylic oxidation sites excluding steroid dienone is 1. The Hall–Kier alpha value is -0.561. The van der Waals surface area contributed by atoms with Crippen LogP contribution in [0.1, 0.15) is 23.7 Å². The molecule has 0 aliphatic heterocycles. The molecular formula is C13H18OSe. The van der Waals surface area contributed by atoms with Crippen LogP contribution >= 0.6 is 0 Å². The van der Waals surface area contributed by atoms with Crippen molar-refractivity contribution in [3.05, 3.63) is 48.0 Å². The van der Waals surface area contributed by atoms with E-state index in [1.54, 1.807) is 6.92 Å². The molecule has 2 heteroatoms. The van der Waals surface area contributed by atoms with Gasteiger partial charge in [-0.2, -0.15) is 0 Å². The third-order valence-corrected chi connectivity index (χ3v) is 4.39. The molecule has 0 saturated carbocycles. The van der Waals surface area contributed by atoms with Crippen molar-refractivity contribution in [3.63, 3.8) is 0 Å². The van der Waals surface area contributed by atoms with E-state index in [1.807, 2.05) is 6.08 Å². The molecule has 0 amide bonds. The summed E-state index contributed by atoms with van der Waals surface area (Å²) in [6, 6.07) is 10.6. The fourth-order valence-corrected chi connectivity index (χ4v) is 2.97. The molecule has 0 heterocycles. The maximum atomic E-state index is 9.13. The first kappa shape index (κ1) is 12.5. The Bertz CT molecular complexity index is 293. The average molecular weight is 269 g/mol. The fraction of sp³-hybridized carbons (Fsp3) is 0.385. The van der Waals surface area contributed by atoms with Crippen LogP contribution in [-0.4, -0.2) is 26.2 Å². The summed E-state index contributed by atoms with van der Waals surface area (Å²) in [4.78, 5) is 0.633. The van der Waals surface area contributed by atoms with E-state index in [-0.39, 0.29) is 6.10 Å². The monoisotopic (exact) mass is 270 g/mol. The van der Waals surface area contributed by atoms with Gasteiger partial charge < -0.3 is 0 Å². The van der Waals surface area contributed by atoms with Crippen LogP contribution in [0.2, 0.25) is 5.82 Å². The molecule has 1 N–H and O–H groups in total. The van der Waals surface area contributed by atoms with Crippen molar-refractivity contribution in [2.45, 2.75) is 30.1 Å². The van der Waals surface area contributed by atoms with Crippen molar-refractivity contribution in [2.24, 2.45) is 0 Å². The van der Waals surface area contributed by atoms with E-state index in [4.69, 9.17) is 5.11 Å². The Labute approximate surface area is 98.4 Å². The van der Waals surface area contributed by atoms with Crippen LogP contribution < -0.4 is 0 Å². The van der Waals surface area contributed by atoms with Gasteiger partial charge >= 0.3 is 98.2 Å². The second-order valence-electron chi connectivity index (χ2n) is 3.54. The molecule has 1 aromatic carbocycles. The Morgan fingerprint density at radius 2 is 2.00 bits per heavy atom. The molecule has 0 aromatic heterocycles. The predicted octanol–water partition coefficient (Wildman–Crippen LogP) is 2.81. The molecule has 0 radical (unpaired) electrons. The van der Waals surface area contributed by atoms with Crippen molar-refractivity contribution >= 4 is 15.0 Å². The van der Waals surface area contributed by atoms with Crippen LogP contribution in [0, 0.1) is 0 Å². The topological polar surface area (TPSA) is 20.2 Å². The van der Waals surface area contributed by atoms with E-state index in [0.717, 1.165) is 6.42 Å². The summed E-state index contributed by atoms with van der Waals surface area (Å²) >= 11 is 0.602. The van der Waals surface area contributed by atoms with Crippen molar-refractivity contribution in [3.8, 4) is 0 Å². The Balaban J connectivity index is 2.57. The molecule has 0 aliphatic carbocycles. The normalized spacial score (nSPS) is 15.4. The second-order valence-corrected chi connectivity index (χ2v) is 5.72. The van der Waals surface area contributed by atoms with E-state index in [0.29, 0.717) is 19.8 Å². The van der Waals surface area contributed by atoms with Crippen LogP contribution in [0.5, 0.6) is 0 Å². The van der Waals surface area contributed by atoms with Gasteiger partial charge in [-0.25, -0.2) is 0 Å². The van der Waals surface area contributed by atoms with Crippen LogP contribution in [0.15, 0.2) is 42.5 Å². The molecule has 2 atom stereocenters. The maximum absolute atomic E-state index is 9.13. The predicted molar refractivity (Wildman–Crippen MR) is 66.2 cm³/mol. The summed E-state index contributed by atoms with van der Waals surface area (Å²) in [7, 11) is 0. The SMILES string of the molecule is C[Se]C(C/C=C/C(C)O)c1ccccc1. The van der Waals surface area contributed by atoms with Crippen LogP contribution in [0.4, 0.5) is 0 Å². The number of benzene rings is 1. The van der Waals surface area contributed by atoms with Crippen LogP contribution in [0.3, 0.4) is 0 Å². The van der Waals surface area contributed by atoms with Gasteiger partial charge in [0, 0.05) is 0 Å². The summed E-state index contributed by atoms with van der Waals surface area (Å²) in [5, 5.41) is 9.13. The average Bonchev–Trinajstić information content (AvgIpc) is 2.25. The summed E-state index contributed by atoms with van der Waals surface area (Å²) < 4.78 is 0. The zero-order valence-corrected chi connectivity index (χ0v) is 11.0. The van der Waals surface area contributed by atoms with E-state index in [9.17, 15) is 0 Å². The van der Waals surface area contributed by atoms with Crippen molar-refractivity contribution in [1.82, 2.24) is 0 Å². The minimum atomic E-state index is -0.328. The van der Waals surface area contributed by atoms with Gasteiger partial charge in [-0.1, -0.05) is 0 Å². The van der Waals surface area contributed by atoms with Gasteiger partial charge in [-0.05, 0) is 0 Å². The molecule has 1 nitrogen and oxygen atoms in total. The standard InChI is InChI=1S/C13H18OSe/c1-11(14)7-6-10-13(15-2)12-8-4-3-5-9-12/h3-9,11,13-14H,10H2,1-2H3/b7-6+.